The zero-order valence-electron chi connectivity index (χ0n) is 8.27. The Hall–Kier alpha value is -0.0400. The van der Waals surface area contributed by atoms with Gasteiger partial charge in [0.15, 0.2) is 0 Å². The van der Waals surface area contributed by atoms with Crippen molar-refractivity contribution in [1.29, 1.82) is 0 Å². The fraction of sp³-hybridized carbons (Fsp3) is 1.00. The molecule has 0 amide bonds. The van der Waals surface area contributed by atoms with Crippen LogP contribution in [-0.2, 0) is 0 Å². The maximum absolute atomic E-state index is 8.95. The third kappa shape index (κ3) is 1.10. The molecule has 0 radical (unpaired) electrons. The molecule has 12 heavy (non-hydrogen) atoms. The molecular formula is C11H20O. The van der Waals surface area contributed by atoms with Crippen molar-refractivity contribution < 1.29 is 5.11 Å². The highest BCUT2D eigenvalue weighted by molar-refractivity contribution is 5.04. The molecule has 0 aromatic rings. The Kier molecular flexibility index (Phi) is 1.76. The van der Waals surface area contributed by atoms with Crippen LogP contribution in [0.2, 0.25) is 0 Å². The van der Waals surface area contributed by atoms with Crippen LogP contribution in [0.4, 0.5) is 0 Å². The zero-order chi connectivity index (χ0) is 8.82. The fourth-order valence-corrected chi connectivity index (χ4v) is 3.71. The first kappa shape index (κ1) is 8.55. The summed E-state index contributed by atoms with van der Waals surface area (Å²) >= 11 is 0. The minimum atomic E-state index is 0.385. The first-order valence-corrected chi connectivity index (χ1v) is 5.19. The van der Waals surface area contributed by atoms with Gasteiger partial charge < -0.3 is 5.11 Å². The number of fused-ring (bicyclic) bond motifs is 2. The molecule has 0 saturated heterocycles. The van der Waals surface area contributed by atoms with Crippen LogP contribution in [0.3, 0.4) is 0 Å². The Morgan fingerprint density at radius 1 is 1.33 bits per heavy atom. The van der Waals surface area contributed by atoms with E-state index in [1.165, 1.54) is 25.7 Å². The Morgan fingerprint density at radius 3 is 2.50 bits per heavy atom. The number of aliphatic hydroxyl groups excluding tert-OH is 1. The maximum Gasteiger partial charge on any atom is 0.0433 e. The van der Waals surface area contributed by atoms with Gasteiger partial charge in [-0.05, 0) is 48.9 Å². The van der Waals surface area contributed by atoms with Crippen LogP contribution < -0.4 is 0 Å². The van der Waals surface area contributed by atoms with Crippen molar-refractivity contribution >= 4 is 0 Å². The second-order valence-corrected chi connectivity index (χ2v) is 5.55. The van der Waals surface area contributed by atoms with Crippen LogP contribution in [0.1, 0.15) is 46.0 Å². The van der Waals surface area contributed by atoms with Gasteiger partial charge in [-0.1, -0.05) is 13.8 Å². The van der Waals surface area contributed by atoms with Crippen LogP contribution in [0.5, 0.6) is 0 Å². The van der Waals surface area contributed by atoms with Gasteiger partial charge >= 0.3 is 0 Å². The third-order valence-corrected chi connectivity index (χ3v) is 4.33. The highest BCUT2D eigenvalue weighted by atomic mass is 16.3. The Bertz CT molecular complexity index is 189. The number of hydrogen-bond acceptors (Lipinski definition) is 1. The lowest BCUT2D eigenvalue weighted by Crippen LogP contribution is -2.23. The van der Waals surface area contributed by atoms with Gasteiger partial charge in [-0.2, -0.15) is 0 Å². The molecule has 0 aromatic carbocycles. The molecule has 1 heteroatoms. The van der Waals surface area contributed by atoms with Gasteiger partial charge in [0.2, 0.25) is 0 Å². The molecule has 70 valence electrons. The summed E-state index contributed by atoms with van der Waals surface area (Å²) in [5, 5.41) is 8.95. The van der Waals surface area contributed by atoms with Gasteiger partial charge in [-0.3, -0.25) is 0 Å². The summed E-state index contributed by atoms with van der Waals surface area (Å²) in [6.07, 6.45) is 6.63. The maximum atomic E-state index is 8.95. The van der Waals surface area contributed by atoms with E-state index < -0.39 is 0 Å². The molecule has 0 aromatic heterocycles. The predicted molar refractivity (Wildman–Crippen MR) is 49.9 cm³/mol. The summed E-state index contributed by atoms with van der Waals surface area (Å²) in [5.41, 5.74) is 1.21. The van der Waals surface area contributed by atoms with Crippen LogP contribution in [-0.4, -0.2) is 11.7 Å². The van der Waals surface area contributed by atoms with Crippen molar-refractivity contribution in [1.82, 2.24) is 0 Å². The largest absolute Gasteiger partial charge is 0.396 e. The SMILES string of the molecule is CC12CCC(C)(C1)C(CCO)C2. The molecule has 2 fully saturated rings. The van der Waals surface area contributed by atoms with Crippen LogP contribution in [0.25, 0.3) is 0 Å². The second-order valence-electron chi connectivity index (χ2n) is 5.55. The first-order valence-electron chi connectivity index (χ1n) is 5.19. The average Bonchev–Trinajstić information content (AvgIpc) is 2.39. The average molecular weight is 168 g/mol. The summed E-state index contributed by atoms with van der Waals surface area (Å²) < 4.78 is 0. The molecule has 0 heterocycles. The van der Waals surface area contributed by atoms with Crippen molar-refractivity contribution in [2.45, 2.75) is 46.0 Å². The Morgan fingerprint density at radius 2 is 2.08 bits per heavy atom. The Labute approximate surface area is 75.2 Å². The minimum Gasteiger partial charge on any atom is -0.396 e. The van der Waals surface area contributed by atoms with E-state index in [1.807, 2.05) is 0 Å². The highest BCUT2D eigenvalue weighted by Crippen LogP contribution is 2.64. The second kappa shape index (κ2) is 2.47. The first-order chi connectivity index (χ1) is 5.58. The normalized spacial score (nSPS) is 51.8. The summed E-state index contributed by atoms with van der Waals surface area (Å²) in [6, 6.07) is 0. The number of hydrogen-bond donors (Lipinski definition) is 1. The molecule has 2 aliphatic rings. The van der Waals surface area contributed by atoms with E-state index in [9.17, 15) is 0 Å². The van der Waals surface area contributed by atoms with Crippen LogP contribution >= 0.6 is 0 Å². The molecule has 2 rings (SSSR count). The van der Waals surface area contributed by atoms with Crippen molar-refractivity contribution in [3.05, 3.63) is 0 Å². The molecule has 1 nitrogen and oxygen atoms in total. The van der Waals surface area contributed by atoms with Gasteiger partial charge in [0.25, 0.3) is 0 Å². The molecule has 0 spiro atoms. The van der Waals surface area contributed by atoms with Crippen LogP contribution in [0.15, 0.2) is 0 Å². The van der Waals surface area contributed by atoms with Crippen molar-refractivity contribution in [3.63, 3.8) is 0 Å². The molecule has 2 aliphatic carbocycles. The van der Waals surface area contributed by atoms with E-state index in [4.69, 9.17) is 5.11 Å². The number of rotatable bonds is 2. The van der Waals surface area contributed by atoms with Gasteiger partial charge in [-0.25, -0.2) is 0 Å². The van der Waals surface area contributed by atoms with E-state index in [2.05, 4.69) is 13.8 Å². The summed E-state index contributed by atoms with van der Waals surface area (Å²) in [4.78, 5) is 0. The standard InChI is InChI=1S/C11H20O/c1-10-4-5-11(2,8-10)9(7-10)3-6-12/h9,12H,3-8H2,1-2H3. The lowest BCUT2D eigenvalue weighted by atomic mass is 9.74. The van der Waals surface area contributed by atoms with Gasteiger partial charge in [-0.15, -0.1) is 0 Å². The van der Waals surface area contributed by atoms with Crippen molar-refractivity contribution in [2.24, 2.45) is 16.7 Å². The quantitative estimate of drug-likeness (QED) is 0.672. The summed E-state index contributed by atoms with van der Waals surface area (Å²) in [5.74, 6) is 0.807. The molecule has 2 bridgehead atoms. The highest BCUT2D eigenvalue weighted by Gasteiger charge is 2.54. The lowest BCUT2D eigenvalue weighted by molar-refractivity contribution is 0.149. The number of aliphatic hydroxyl groups is 1. The summed E-state index contributed by atoms with van der Waals surface area (Å²) in [6.45, 7) is 5.23. The van der Waals surface area contributed by atoms with E-state index in [0.717, 1.165) is 12.3 Å². The lowest BCUT2D eigenvalue weighted by Gasteiger charge is -2.32. The molecule has 3 atom stereocenters. The Balaban J connectivity index is 2.11. The van der Waals surface area contributed by atoms with E-state index in [-0.39, 0.29) is 0 Å². The topological polar surface area (TPSA) is 20.2 Å². The van der Waals surface area contributed by atoms with Gasteiger partial charge in [0.1, 0.15) is 0 Å². The third-order valence-electron chi connectivity index (χ3n) is 4.33. The molecule has 2 saturated carbocycles. The molecular weight excluding hydrogens is 148 g/mol. The van der Waals surface area contributed by atoms with Gasteiger partial charge in [0.05, 0.1) is 0 Å². The van der Waals surface area contributed by atoms with Crippen molar-refractivity contribution in [3.8, 4) is 0 Å². The molecule has 0 aliphatic heterocycles. The summed E-state index contributed by atoms with van der Waals surface area (Å²) in [7, 11) is 0. The van der Waals surface area contributed by atoms with Crippen molar-refractivity contribution in [2.75, 3.05) is 6.61 Å². The monoisotopic (exact) mass is 168 g/mol. The fourth-order valence-electron chi connectivity index (χ4n) is 3.71. The predicted octanol–water partition coefficient (Wildman–Crippen LogP) is 2.59. The van der Waals surface area contributed by atoms with E-state index >= 15 is 0 Å². The van der Waals surface area contributed by atoms with Crippen LogP contribution in [0, 0.1) is 16.7 Å². The smallest absolute Gasteiger partial charge is 0.0433 e. The zero-order valence-corrected chi connectivity index (χ0v) is 8.27. The van der Waals surface area contributed by atoms with E-state index in [0.29, 0.717) is 17.4 Å². The van der Waals surface area contributed by atoms with Gasteiger partial charge in [0, 0.05) is 6.61 Å². The van der Waals surface area contributed by atoms with E-state index in [1.54, 1.807) is 0 Å². The molecule has 1 N–H and O–H groups in total. The minimum absolute atomic E-state index is 0.385. The molecule has 3 unspecified atom stereocenters.